The Morgan fingerprint density at radius 2 is 1.65 bits per heavy atom. The van der Waals surface area contributed by atoms with Crippen molar-refractivity contribution in [2.24, 2.45) is 0 Å². The second-order valence-electron chi connectivity index (χ2n) is 6.09. The van der Waals surface area contributed by atoms with Crippen molar-refractivity contribution in [2.45, 2.75) is 44.1 Å². The number of aliphatic hydroxyl groups is 1. The first-order valence-electron chi connectivity index (χ1n) is 7.52. The molecule has 0 aliphatic heterocycles. The van der Waals surface area contributed by atoms with Crippen molar-refractivity contribution in [1.29, 1.82) is 0 Å². The average Bonchev–Trinajstić information content (AvgIpc) is 2.49. The van der Waals surface area contributed by atoms with Gasteiger partial charge in [-0.3, -0.25) is 0 Å². The van der Waals surface area contributed by atoms with Gasteiger partial charge < -0.3 is 5.11 Å². The maximum atomic E-state index is 10.9. The van der Waals surface area contributed by atoms with Crippen LogP contribution in [0.25, 0.3) is 0 Å². The quantitative estimate of drug-likeness (QED) is 0.846. The fourth-order valence-corrected chi connectivity index (χ4v) is 3.38. The third-order valence-corrected chi connectivity index (χ3v) is 4.64. The van der Waals surface area contributed by atoms with Crippen LogP contribution >= 0.6 is 0 Å². The molecule has 2 aromatic carbocycles. The molecule has 0 bridgehead atoms. The molecule has 0 amide bonds. The molecule has 0 unspecified atom stereocenters. The van der Waals surface area contributed by atoms with Gasteiger partial charge in [0, 0.05) is 0 Å². The van der Waals surface area contributed by atoms with Crippen LogP contribution in [0.1, 0.15) is 48.3 Å². The maximum absolute atomic E-state index is 10.9. The minimum atomic E-state index is -0.628. The number of hydrogen-bond acceptors (Lipinski definition) is 1. The summed E-state index contributed by atoms with van der Waals surface area (Å²) in [6.07, 6.45) is 3.84. The molecule has 0 radical (unpaired) electrons. The van der Waals surface area contributed by atoms with Crippen LogP contribution in [-0.2, 0) is 5.60 Å². The SMILES string of the molecule is Cc1cccc(C2(O)CCC(c3ccccc3)CC2)c1. The number of aryl methyl sites for hydroxylation is 1. The molecule has 0 heterocycles. The maximum Gasteiger partial charge on any atom is 0.0897 e. The van der Waals surface area contributed by atoms with Crippen LogP contribution in [0.3, 0.4) is 0 Å². The molecule has 1 heteroatoms. The van der Waals surface area contributed by atoms with Gasteiger partial charge in [0.1, 0.15) is 0 Å². The van der Waals surface area contributed by atoms with Gasteiger partial charge in [0.05, 0.1) is 5.60 Å². The molecule has 20 heavy (non-hydrogen) atoms. The zero-order valence-corrected chi connectivity index (χ0v) is 12.0. The minimum absolute atomic E-state index is 0.598. The van der Waals surface area contributed by atoms with Crippen molar-refractivity contribution in [2.75, 3.05) is 0 Å². The van der Waals surface area contributed by atoms with E-state index < -0.39 is 5.60 Å². The van der Waals surface area contributed by atoms with E-state index in [1.54, 1.807) is 0 Å². The highest BCUT2D eigenvalue weighted by Gasteiger charge is 2.35. The lowest BCUT2D eigenvalue weighted by molar-refractivity contribution is -0.00570. The van der Waals surface area contributed by atoms with Crippen LogP contribution in [0.5, 0.6) is 0 Å². The molecule has 1 fully saturated rings. The molecule has 1 aliphatic rings. The van der Waals surface area contributed by atoms with Crippen LogP contribution < -0.4 is 0 Å². The molecule has 1 aliphatic carbocycles. The molecular formula is C19H22O. The summed E-state index contributed by atoms with van der Waals surface area (Å²) in [7, 11) is 0. The molecule has 0 saturated heterocycles. The number of rotatable bonds is 2. The Morgan fingerprint density at radius 1 is 0.950 bits per heavy atom. The van der Waals surface area contributed by atoms with Gasteiger partial charge in [0.25, 0.3) is 0 Å². The summed E-state index contributed by atoms with van der Waals surface area (Å²) in [6.45, 7) is 2.09. The van der Waals surface area contributed by atoms with E-state index in [-0.39, 0.29) is 0 Å². The fourth-order valence-electron chi connectivity index (χ4n) is 3.38. The van der Waals surface area contributed by atoms with Gasteiger partial charge in [0.2, 0.25) is 0 Å². The first kappa shape index (κ1) is 13.4. The second kappa shape index (κ2) is 5.41. The molecule has 1 saturated carbocycles. The minimum Gasteiger partial charge on any atom is -0.385 e. The fraction of sp³-hybridized carbons (Fsp3) is 0.368. The molecule has 0 atom stereocenters. The Morgan fingerprint density at radius 3 is 2.30 bits per heavy atom. The van der Waals surface area contributed by atoms with Gasteiger partial charge in [-0.1, -0.05) is 60.2 Å². The van der Waals surface area contributed by atoms with E-state index in [1.165, 1.54) is 11.1 Å². The van der Waals surface area contributed by atoms with Crippen molar-refractivity contribution in [3.05, 3.63) is 71.3 Å². The summed E-state index contributed by atoms with van der Waals surface area (Å²) >= 11 is 0. The lowest BCUT2D eigenvalue weighted by Crippen LogP contribution is -2.31. The Bertz CT molecular complexity index is 565. The standard InChI is InChI=1S/C19H22O/c1-15-6-5-9-18(14-15)19(20)12-10-17(11-13-19)16-7-3-2-4-8-16/h2-9,14,17,20H,10-13H2,1H3. The highest BCUT2D eigenvalue weighted by molar-refractivity contribution is 5.29. The monoisotopic (exact) mass is 266 g/mol. The van der Waals surface area contributed by atoms with Gasteiger partial charge >= 0.3 is 0 Å². The molecule has 0 aromatic heterocycles. The molecule has 104 valence electrons. The first-order chi connectivity index (χ1) is 9.67. The van der Waals surface area contributed by atoms with Crippen molar-refractivity contribution in [3.63, 3.8) is 0 Å². The molecule has 1 nitrogen and oxygen atoms in total. The topological polar surface area (TPSA) is 20.2 Å². The number of hydrogen-bond donors (Lipinski definition) is 1. The van der Waals surface area contributed by atoms with E-state index in [0.717, 1.165) is 31.2 Å². The van der Waals surface area contributed by atoms with E-state index in [0.29, 0.717) is 5.92 Å². The average molecular weight is 266 g/mol. The Labute approximate surface area is 121 Å². The van der Waals surface area contributed by atoms with Crippen molar-refractivity contribution < 1.29 is 5.11 Å². The van der Waals surface area contributed by atoms with Gasteiger partial charge in [0.15, 0.2) is 0 Å². The zero-order valence-electron chi connectivity index (χ0n) is 12.0. The van der Waals surface area contributed by atoms with Crippen LogP contribution in [0.4, 0.5) is 0 Å². The van der Waals surface area contributed by atoms with Crippen LogP contribution in [-0.4, -0.2) is 5.11 Å². The molecular weight excluding hydrogens is 244 g/mol. The van der Waals surface area contributed by atoms with Crippen LogP contribution in [0.15, 0.2) is 54.6 Å². The third-order valence-electron chi connectivity index (χ3n) is 4.64. The van der Waals surface area contributed by atoms with Crippen LogP contribution in [0.2, 0.25) is 0 Å². The molecule has 1 N–H and O–H groups in total. The zero-order chi connectivity index (χ0) is 14.0. The molecule has 2 aromatic rings. The highest BCUT2D eigenvalue weighted by atomic mass is 16.3. The summed E-state index contributed by atoms with van der Waals surface area (Å²) < 4.78 is 0. The lowest BCUT2D eigenvalue weighted by atomic mass is 9.73. The second-order valence-corrected chi connectivity index (χ2v) is 6.09. The summed E-state index contributed by atoms with van der Waals surface area (Å²) in [5, 5.41) is 10.9. The predicted octanol–water partition coefficient (Wildman–Crippen LogP) is 4.54. The van der Waals surface area contributed by atoms with Gasteiger partial charge in [-0.15, -0.1) is 0 Å². The largest absolute Gasteiger partial charge is 0.385 e. The van der Waals surface area contributed by atoms with E-state index in [1.807, 2.05) is 6.07 Å². The summed E-state index contributed by atoms with van der Waals surface area (Å²) in [6, 6.07) is 19.0. The first-order valence-corrected chi connectivity index (χ1v) is 7.52. The van der Waals surface area contributed by atoms with E-state index >= 15 is 0 Å². The lowest BCUT2D eigenvalue weighted by Gasteiger charge is -2.36. The highest BCUT2D eigenvalue weighted by Crippen LogP contribution is 2.43. The molecule has 0 spiro atoms. The third kappa shape index (κ3) is 2.64. The Kier molecular flexibility index (Phi) is 3.62. The van der Waals surface area contributed by atoms with Crippen LogP contribution in [0, 0.1) is 6.92 Å². The normalized spacial score (nSPS) is 26.4. The van der Waals surface area contributed by atoms with Gasteiger partial charge in [-0.05, 0) is 49.7 Å². The summed E-state index contributed by atoms with van der Waals surface area (Å²) in [5.41, 5.74) is 3.10. The van der Waals surface area contributed by atoms with Crippen molar-refractivity contribution in [3.8, 4) is 0 Å². The summed E-state index contributed by atoms with van der Waals surface area (Å²) in [5.74, 6) is 0.598. The van der Waals surface area contributed by atoms with E-state index in [2.05, 4.69) is 55.5 Å². The van der Waals surface area contributed by atoms with Gasteiger partial charge in [-0.25, -0.2) is 0 Å². The Hall–Kier alpha value is -1.60. The smallest absolute Gasteiger partial charge is 0.0897 e. The number of benzene rings is 2. The van der Waals surface area contributed by atoms with E-state index in [9.17, 15) is 5.11 Å². The Balaban J connectivity index is 1.75. The van der Waals surface area contributed by atoms with Crippen molar-refractivity contribution in [1.82, 2.24) is 0 Å². The van der Waals surface area contributed by atoms with Crippen molar-refractivity contribution >= 4 is 0 Å². The molecule has 3 rings (SSSR count). The van der Waals surface area contributed by atoms with E-state index in [4.69, 9.17) is 0 Å². The summed E-state index contributed by atoms with van der Waals surface area (Å²) in [4.78, 5) is 0. The van der Waals surface area contributed by atoms with Gasteiger partial charge in [-0.2, -0.15) is 0 Å². The predicted molar refractivity (Wildman–Crippen MR) is 82.7 cm³/mol.